The Labute approximate surface area is 226 Å². The minimum Gasteiger partial charge on any atom is -0.329 e. The van der Waals surface area contributed by atoms with E-state index >= 15 is 0 Å². The Kier molecular flexibility index (Phi) is 10.7. The van der Waals surface area contributed by atoms with Gasteiger partial charge in [0.2, 0.25) is 0 Å². The van der Waals surface area contributed by atoms with Crippen LogP contribution in [-0.2, 0) is 20.2 Å². The highest BCUT2D eigenvalue weighted by atomic mass is 32.2. The molecule has 0 unspecified atom stereocenters. The van der Waals surface area contributed by atoms with Gasteiger partial charge >= 0.3 is 12.2 Å². The fourth-order valence-electron chi connectivity index (χ4n) is 2.89. The van der Waals surface area contributed by atoms with Crippen LogP contribution in [0, 0.1) is 0 Å². The monoisotopic (exact) mass is 604 g/mol. The molecule has 4 N–H and O–H groups in total. The highest BCUT2D eigenvalue weighted by Crippen LogP contribution is 2.25. The predicted octanol–water partition coefficient (Wildman–Crippen LogP) is 3.15. The first-order valence-electron chi connectivity index (χ1n) is 10.7. The van der Waals surface area contributed by atoms with Crippen molar-refractivity contribution < 1.29 is 43.9 Å². The number of alkyl halides is 3. The molecule has 13 nitrogen and oxygen atoms in total. The second kappa shape index (κ2) is 13.3. The average Bonchev–Trinajstić information content (AvgIpc) is 3.24. The molecule has 1 aromatic carbocycles. The number of hydrogen-bond acceptors (Lipinski definition) is 8. The quantitative estimate of drug-likeness (QED) is 0.252. The molecular formula is C22H23F3N6O7S2. The summed E-state index contributed by atoms with van der Waals surface area (Å²) in [7, 11) is -7.33. The van der Waals surface area contributed by atoms with Crippen molar-refractivity contribution in [1.29, 1.82) is 0 Å². The van der Waals surface area contributed by atoms with Crippen molar-refractivity contribution in [3.05, 3.63) is 67.3 Å². The highest BCUT2D eigenvalue weighted by Gasteiger charge is 2.27. The molecule has 3 heterocycles. The number of benzene rings is 1. The summed E-state index contributed by atoms with van der Waals surface area (Å²) in [6.07, 6.45) is 3.78. The summed E-state index contributed by atoms with van der Waals surface area (Å²) in [6, 6.07) is 11.3. The Hall–Kier alpha value is -4.13. The molecule has 0 aliphatic rings. The Bertz CT molecular complexity index is 1620. The number of carbonyl (C=O) groups excluding carboxylic acids is 1. The molecule has 0 saturated carbocycles. The summed E-state index contributed by atoms with van der Waals surface area (Å²) < 4.78 is 90.3. The number of nitrogens with zero attached hydrogens (tertiary/aromatic N) is 4. The largest absolute Gasteiger partial charge is 0.405 e. The van der Waals surface area contributed by atoms with E-state index in [1.807, 2.05) is 28.8 Å². The van der Waals surface area contributed by atoms with E-state index in [1.165, 1.54) is 0 Å². The van der Waals surface area contributed by atoms with Crippen LogP contribution in [0.15, 0.2) is 67.3 Å². The number of imidazole rings is 1. The van der Waals surface area contributed by atoms with E-state index in [0.717, 1.165) is 16.8 Å². The van der Waals surface area contributed by atoms with Crippen molar-refractivity contribution in [3.63, 3.8) is 0 Å². The first kappa shape index (κ1) is 32.1. The van der Waals surface area contributed by atoms with Gasteiger partial charge in [-0.1, -0.05) is 12.1 Å². The van der Waals surface area contributed by atoms with Gasteiger partial charge in [0.1, 0.15) is 12.2 Å². The van der Waals surface area contributed by atoms with Gasteiger partial charge in [-0.3, -0.25) is 13.5 Å². The Morgan fingerprint density at radius 3 is 2.10 bits per heavy atom. The summed E-state index contributed by atoms with van der Waals surface area (Å²) in [5, 5.41) is 4.17. The molecule has 0 radical (unpaired) electrons. The second-order valence-corrected chi connectivity index (χ2v) is 10.8. The van der Waals surface area contributed by atoms with Gasteiger partial charge in [0.25, 0.3) is 20.2 Å². The number of carbonyl (C=O) groups is 1. The third-order valence-electron chi connectivity index (χ3n) is 4.20. The summed E-state index contributed by atoms with van der Waals surface area (Å²) >= 11 is 0. The van der Waals surface area contributed by atoms with Gasteiger partial charge in [0, 0.05) is 35.4 Å². The smallest absolute Gasteiger partial charge is 0.329 e. The first-order valence-corrected chi connectivity index (χ1v) is 14.4. The SMILES string of the molecule is CS(=O)(=O)O.CS(=O)(=O)O.O=C(NCC(F)(F)F)Nc1cccc(-c2cnc3cc(-c4ncccn4)ccn23)c1. The number of nitrogens with one attached hydrogen (secondary N) is 2. The number of hydrogen-bond donors (Lipinski definition) is 4. The maximum Gasteiger partial charge on any atom is 0.405 e. The van der Waals surface area contributed by atoms with Crippen molar-refractivity contribution in [2.45, 2.75) is 6.18 Å². The Morgan fingerprint density at radius 2 is 1.52 bits per heavy atom. The molecular weight excluding hydrogens is 581 g/mol. The van der Waals surface area contributed by atoms with E-state index in [4.69, 9.17) is 9.11 Å². The van der Waals surface area contributed by atoms with Crippen molar-refractivity contribution in [3.8, 4) is 22.6 Å². The Balaban J connectivity index is 0.000000482. The molecule has 0 fully saturated rings. The van der Waals surface area contributed by atoms with Crippen LogP contribution in [0.25, 0.3) is 28.3 Å². The van der Waals surface area contributed by atoms with Crippen molar-refractivity contribution in [1.82, 2.24) is 24.7 Å². The molecule has 4 rings (SSSR count). The van der Waals surface area contributed by atoms with E-state index in [2.05, 4.69) is 20.3 Å². The van der Waals surface area contributed by atoms with Gasteiger partial charge in [-0.15, -0.1) is 0 Å². The highest BCUT2D eigenvalue weighted by molar-refractivity contribution is 7.85. The fraction of sp³-hybridized carbons (Fsp3) is 0.182. The summed E-state index contributed by atoms with van der Waals surface area (Å²) in [5.41, 5.74) is 3.34. The zero-order chi connectivity index (χ0) is 30.1. The van der Waals surface area contributed by atoms with Crippen molar-refractivity contribution in [2.75, 3.05) is 24.4 Å². The molecule has 0 aliphatic heterocycles. The molecule has 40 heavy (non-hydrogen) atoms. The molecule has 2 amide bonds. The fourth-order valence-corrected chi connectivity index (χ4v) is 2.89. The van der Waals surface area contributed by atoms with Crippen LogP contribution >= 0.6 is 0 Å². The minimum absolute atomic E-state index is 0.358. The van der Waals surface area contributed by atoms with Crippen LogP contribution in [-0.4, -0.2) is 76.6 Å². The zero-order valence-corrected chi connectivity index (χ0v) is 22.4. The topological polar surface area (TPSA) is 193 Å². The molecule has 0 spiro atoms. The van der Waals surface area contributed by atoms with Gasteiger partial charge in [-0.25, -0.2) is 19.7 Å². The molecule has 0 atom stereocenters. The third-order valence-corrected chi connectivity index (χ3v) is 4.20. The van der Waals surface area contributed by atoms with Crippen LogP contribution in [0.5, 0.6) is 0 Å². The molecule has 216 valence electrons. The first-order chi connectivity index (χ1) is 18.4. The molecule has 0 saturated heterocycles. The molecule has 3 aromatic heterocycles. The van der Waals surface area contributed by atoms with E-state index in [1.54, 1.807) is 48.2 Å². The van der Waals surface area contributed by atoms with E-state index in [9.17, 15) is 34.8 Å². The average molecular weight is 605 g/mol. The number of fused-ring (bicyclic) bond motifs is 1. The maximum absolute atomic E-state index is 12.2. The number of amides is 2. The standard InChI is InChI=1S/C20H15F3N6O.2CH4O3S/c21-20(22,23)12-27-19(30)28-15-4-1-3-13(9-15)16-11-26-17-10-14(5-8-29(16)17)18-24-6-2-7-25-18;2*1-5(2,3)4/h1-11H,12H2,(H2,27,28,30);2*1H3,(H,2,3,4). The zero-order valence-electron chi connectivity index (χ0n) is 20.7. The number of halogens is 3. The van der Waals surface area contributed by atoms with Crippen LogP contribution < -0.4 is 10.6 Å². The van der Waals surface area contributed by atoms with Gasteiger partial charge < -0.3 is 10.6 Å². The minimum atomic E-state index is -4.47. The summed E-state index contributed by atoms with van der Waals surface area (Å²) in [5.74, 6) is 0.584. The lowest BCUT2D eigenvalue weighted by Gasteiger charge is -2.11. The van der Waals surface area contributed by atoms with Gasteiger partial charge in [0.05, 0.1) is 24.4 Å². The molecule has 18 heteroatoms. The van der Waals surface area contributed by atoms with Crippen LogP contribution in [0.1, 0.15) is 0 Å². The number of aromatic nitrogens is 4. The summed E-state index contributed by atoms with van der Waals surface area (Å²) in [6.45, 7) is -1.40. The number of urea groups is 1. The maximum atomic E-state index is 12.2. The molecule has 4 aromatic rings. The van der Waals surface area contributed by atoms with Gasteiger partial charge in [-0.2, -0.15) is 30.0 Å². The van der Waals surface area contributed by atoms with E-state index in [0.29, 0.717) is 29.7 Å². The predicted molar refractivity (Wildman–Crippen MR) is 140 cm³/mol. The van der Waals surface area contributed by atoms with Gasteiger partial charge in [-0.05, 0) is 30.3 Å². The van der Waals surface area contributed by atoms with Crippen molar-refractivity contribution >= 4 is 37.6 Å². The van der Waals surface area contributed by atoms with Gasteiger partial charge in [0.15, 0.2) is 5.82 Å². The second-order valence-electron chi connectivity index (χ2n) is 7.83. The van der Waals surface area contributed by atoms with Crippen LogP contribution in [0.2, 0.25) is 0 Å². The third kappa shape index (κ3) is 12.6. The van der Waals surface area contributed by atoms with Crippen LogP contribution in [0.3, 0.4) is 0 Å². The number of anilines is 1. The lowest BCUT2D eigenvalue weighted by molar-refractivity contribution is -0.122. The van der Waals surface area contributed by atoms with Crippen molar-refractivity contribution in [2.24, 2.45) is 0 Å². The van der Waals surface area contributed by atoms with Crippen LogP contribution in [0.4, 0.5) is 23.7 Å². The lowest BCUT2D eigenvalue weighted by Crippen LogP contribution is -2.36. The summed E-state index contributed by atoms with van der Waals surface area (Å²) in [4.78, 5) is 24.6. The Morgan fingerprint density at radius 1 is 0.925 bits per heavy atom. The molecule has 0 bridgehead atoms. The lowest BCUT2D eigenvalue weighted by atomic mass is 10.1. The number of pyridine rings is 1. The van der Waals surface area contributed by atoms with E-state index in [-0.39, 0.29) is 0 Å². The normalized spacial score (nSPS) is 11.5. The number of rotatable bonds is 4. The molecule has 0 aliphatic carbocycles. The van der Waals surface area contributed by atoms with E-state index < -0.39 is 39.0 Å².